The van der Waals surface area contributed by atoms with Crippen LogP contribution in [0.5, 0.6) is 0 Å². The van der Waals surface area contributed by atoms with E-state index >= 15 is 0 Å². The van der Waals surface area contributed by atoms with Gasteiger partial charge in [-0.05, 0) is 49.7 Å². The molecule has 1 fully saturated rings. The van der Waals surface area contributed by atoms with Crippen LogP contribution in [0.25, 0.3) is 11.3 Å². The van der Waals surface area contributed by atoms with Gasteiger partial charge in [-0.3, -0.25) is 4.79 Å². The summed E-state index contributed by atoms with van der Waals surface area (Å²) < 4.78 is 6.69. The number of amides is 1. The van der Waals surface area contributed by atoms with Gasteiger partial charge in [0.25, 0.3) is 5.91 Å². The molecule has 1 aliphatic heterocycles. The van der Waals surface area contributed by atoms with Crippen LogP contribution in [0.15, 0.2) is 48.5 Å². The van der Waals surface area contributed by atoms with E-state index in [2.05, 4.69) is 28.9 Å². The summed E-state index contributed by atoms with van der Waals surface area (Å²) in [5.41, 5.74) is 3.91. The molecule has 2 aromatic carbocycles. The number of thiol groups is 1. The van der Waals surface area contributed by atoms with E-state index in [9.17, 15) is 4.79 Å². The Kier molecular flexibility index (Phi) is 9.13. The third-order valence-electron chi connectivity index (χ3n) is 4.84. The first-order valence-electron chi connectivity index (χ1n) is 9.87. The first-order valence-corrected chi connectivity index (χ1v) is 10.6. The van der Waals surface area contributed by atoms with Crippen molar-refractivity contribution in [2.24, 2.45) is 0 Å². The van der Waals surface area contributed by atoms with Crippen LogP contribution in [0, 0.1) is 18.3 Å². The Morgan fingerprint density at radius 1 is 1.23 bits per heavy atom. The normalized spacial score (nSPS) is 12.5. The van der Waals surface area contributed by atoms with Gasteiger partial charge in [0.1, 0.15) is 16.7 Å². The van der Waals surface area contributed by atoms with E-state index in [1.54, 1.807) is 0 Å². The second-order valence-corrected chi connectivity index (χ2v) is 7.08. The van der Waals surface area contributed by atoms with Gasteiger partial charge in [0.15, 0.2) is 0 Å². The Hall–Kier alpha value is -2.79. The summed E-state index contributed by atoms with van der Waals surface area (Å²) in [5, 5.41) is 9.36. The highest BCUT2D eigenvalue weighted by atomic mass is 35.5. The monoisotopic (exact) mass is 456 g/mol. The third kappa shape index (κ3) is 5.67. The molecule has 2 heterocycles. The smallest absolute Gasteiger partial charge is 0.253 e. The molecule has 1 aliphatic rings. The van der Waals surface area contributed by atoms with Crippen LogP contribution in [0.1, 0.15) is 47.1 Å². The second-order valence-electron chi connectivity index (χ2n) is 6.71. The zero-order valence-electron chi connectivity index (χ0n) is 17.6. The molecule has 0 radical (unpaired) electrons. The van der Waals surface area contributed by atoms with Crippen molar-refractivity contribution >= 4 is 30.4 Å². The van der Waals surface area contributed by atoms with Crippen LogP contribution >= 0.6 is 24.5 Å². The molecule has 2 N–H and O–H groups in total. The second kappa shape index (κ2) is 11.6. The lowest BCUT2D eigenvalue weighted by Gasteiger charge is -2.39. The van der Waals surface area contributed by atoms with Gasteiger partial charge in [-0.25, -0.2) is 4.98 Å². The molecule has 0 atom stereocenters. The summed E-state index contributed by atoms with van der Waals surface area (Å²) in [5.74, 6) is 1.05. The number of nitriles is 1. The van der Waals surface area contributed by atoms with Crippen molar-refractivity contribution < 1.29 is 9.35 Å². The molecule has 0 unspecified atom stereocenters. The number of rotatable bonds is 3. The Morgan fingerprint density at radius 3 is 2.42 bits per heavy atom. The number of nitrogens with zero attached hydrogens (tertiary/aromatic N) is 3. The molecular formula is C23H25ClN4O2S. The van der Waals surface area contributed by atoms with Gasteiger partial charge in [-0.1, -0.05) is 49.7 Å². The summed E-state index contributed by atoms with van der Waals surface area (Å²) in [7, 11) is 0. The van der Waals surface area contributed by atoms with Crippen molar-refractivity contribution in [2.75, 3.05) is 13.1 Å². The SMILES string of the molecule is CC.Cc1nc(-c2cccc(C(=O)N3CC(c4ccc(C#N)cc4)C3)c2)c(Cl)[nH]1.OS. The van der Waals surface area contributed by atoms with Crippen LogP contribution < -0.4 is 0 Å². The maximum absolute atomic E-state index is 12.8. The first kappa shape index (κ1) is 24.5. The molecule has 0 aliphatic carbocycles. The Bertz CT molecular complexity index is 1050. The van der Waals surface area contributed by atoms with E-state index in [4.69, 9.17) is 21.4 Å². The molecule has 31 heavy (non-hydrogen) atoms. The minimum Gasteiger partial charge on any atom is -0.337 e. The molecular weight excluding hydrogens is 432 g/mol. The van der Waals surface area contributed by atoms with E-state index in [1.807, 2.05) is 74.2 Å². The lowest BCUT2D eigenvalue weighted by molar-refractivity contribution is 0.0602. The van der Waals surface area contributed by atoms with Crippen molar-refractivity contribution in [1.29, 1.82) is 5.26 Å². The van der Waals surface area contributed by atoms with Gasteiger partial charge in [0, 0.05) is 30.1 Å². The predicted octanol–water partition coefficient (Wildman–Crippen LogP) is 5.57. The topological polar surface area (TPSA) is 93.0 Å². The van der Waals surface area contributed by atoms with Crippen LogP contribution in [0.3, 0.4) is 0 Å². The number of hydrogen-bond donors (Lipinski definition) is 3. The zero-order chi connectivity index (χ0) is 23.0. The van der Waals surface area contributed by atoms with Crippen molar-refractivity contribution in [3.05, 3.63) is 76.2 Å². The fourth-order valence-corrected chi connectivity index (χ4v) is 3.61. The average molecular weight is 457 g/mol. The summed E-state index contributed by atoms with van der Waals surface area (Å²) in [6, 6.07) is 17.1. The van der Waals surface area contributed by atoms with E-state index in [-0.39, 0.29) is 5.91 Å². The van der Waals surface area contributed by atoms with Crippen LogP contribution in [-0.4, -0.2) is 38.4 Å². The average Bonchev–Trinajstić information content (AvgIpc) is 3.14. The lowest BCUT2D eigenvalue weighted by atomic mass is 9.90. The number of aromatic amines is 1. The highest BCUT2D eigenvalue weighted by molar-refractivity contribution is 7.74. The number of benzene rings is 2. The highest BCUT2D eigenvalue weighted by Crippen LogP contribution is 2.30. The van der Waals surface area contributed by atoms with Gasteiger partial charge in [0.05, 0.1) is 11.6 Å². The van der Waals surface area contributed by atoms with Gasteiger partial charge in [0.2, 0.25) is 0 Å². The van der Waals surface area contributed by atoms with Gasteiger partial charge < -0.3 is 14.4 Å². The van der Waals surface area contributed by atoms with Crippen molar-refractivity contribution in [3.63, 3.8) is 0 Å². The fraction of sp³-hybridized carbons (Fsp3) is 0.261. The van der Waals surface area contributed by atoms with Crippen LogP contribution in [-0.2, 0) is 0 Å². The molecule has 0 saturated carbocycles. The number of aryl methyl sites for hydroxylation is 1. The van der Waals surface area contributed by atoms with Crippen molar-refractivity contribution in [2.45, 2.75) is 26.7 Å². The summed E-state index contributed by atoms with van der Waals surface area (Å²) in [6.45, 7) is 7.20. The number of imidazole rings is 1. The zero-order valence-corrected chi connectivity index (χ0v) is 19.3. The number of carbonyl (C=O) groups is 1. The predicted molar refractivity (Wildman–Crippen MR) is 127 cm³/mol. The van der Waals surface area contributed by atoms with Crippen molar-refractivity contribution in [3.8, 4) is 17.3 Å². The molecule has 8 heteroatoms. The van der Waals surface area contributed by atoms with Crippen LogP contribution in [0.4, 0.5) is 0 Å². The molecule has 4 rings (SSSR count). The highest BCUT2D eigenvalue weighted by Gasteiger charge is 2.32. The number of halogens is 1. The minimum absolute atomic E-state index is 0.00475. The molecule has 1 amide bonds. The minimum atomic E-state index is 0.00475. The Labute approximate surface area is 193 Å². The van der Waals surface area contributed by atoms with E-state index in [0.29, 0.717) is 41.0 Å². The van der Waals surface area contributed by atoms with E-state index in [0.717, 1.165) is 17.0 Å². The third-order valence-corrected chi connectivity index (χ3v) is 5.11. The summed E-state index contributed by atoms with van der Waals surface area (Å²) in [4.78, 5) is 22.0. The molecule has 6 nitrogen and oxygen atoms in total. The van der Waals surface area contributed by atoms with E-state index < -0.39 is 0 Å². The quantitative estimate of drug-likeness (QED) is 0.355. The number of nitrogens with one attached hydrogen (secondary N) is 1. The first-order chi connectivity index (χ1) is 15.0. The number of hydrogen-bond acceptors (Lipinski definition) is 5. The lowest BCUT2D eigenvalue weighted by Crippen LogP contribution is -2.48. The Balaban J connectivity index is 0.000000807. The standard InChI is InChI=1S/C21H17ClN4O.C2H6.H2OS/c1-13-24-19(20(22)25-13)16-3-2-4-17(9-16)21(27)26-11-18(12-26)15-7-5-14(10-23)6-8-15;2*1-2/h2-9,18H,11-12H2,1H3,(H,24,25);1-2H3;1-2H. The van der Waals surface area contributed by atoms with Gasteiger partial charge >= 0.3 is 0 Å². The maximum Gasteiger partial charge on any atom is 0.253 e. The fourth-order valence-electron chi connectivity index (χ4n) is 3.32. The number of likely N-dealkylation sites (tertiary alicyclic amines) is 1. The molecule has 3 aromatic rings. The molecule has 0 spiro atoms. The Morgan fingerprint density at radius 2 is 1.87 bits per heavy atom. The molecule has 1 aromatic heterocycles. The van der Waals surface area contributed by atoms with E-state index in [1.165, 1.54) is 0 Å². The summed E-state index contributed by atoms with van der Waals surface area (Å²) in [6.07, 6.45) is 0. The van der Waals surface area contributed by atoms with Gasteiger partial charge in [-0.15, -0.1) is 0 Å². The number of aromatic nitrogens is 2. The summed E-state index contributed by atoms with van der Waals surface area (Å²) >= 11 is 8.72. The molecule has 1 saturated heterocycles. The van der Waals surface area contributed by atoms with Crippen molar-refractivity contribution in [1.82, 2.24) is 14.9 Å². The number of H-pyrrole nitrogens is 1. The molecule has 0 bridgehead atoms. The van der Waals surface area contributed by atoms with Gasteiger partial charge in [-0.2, -0.15) is 5.26 Å². The maximum atomic E-state index is 12.8. The molecule has 162 valence electrons. The largest absolute Gasteiger partial charge is 0.337 e. The van der Waals surface area contributed by atoms with Crippen LogP contribution in [0.2, 0.25) is 5.15 Å². The number of carbonyl (C=O) groups excluding carboxylic acids is 1.